The summed E-state index contributed by atoms with van der Waals surface area (Å²) < 4.78 is 2.35. The molecule has 1 aliphatic heterocycles. The molecule has 186 valence electrons. The second kappa shape index (κ2) is 12.0. The van der Waals surface area contributed by atoms with Crippen LogP contribution in [0.15, 0.2) is 91.1 Å². The predicted molar refractivity (Wildman–Crippen MR) is 148 cm³/mol. The number of fused-ring (bicyclic) bond motifs is 1. The number of nitrogens with one attached hydrogen (secondary N) is 1. The van der Waals surface area contributed by atoms with Crippen LogP contribution in [0.5, 0.6) is 0 Å². The standard InChI is InChI=1S/C32H37N3O/c36-32(33-19-22-34-20-9-10-21-34)23-28(18-17-26-11-3-1-4-12-26)30-25-35(24-27-13-5-2-6-14-27)31-16-8-7-15-29(30)31/h1-8,11-16,25,28H,9-10,17-24H2,(H,33,36)/t28-/m1/s1. The molecule has 0 aliphatic carbocycles. The van der Waals surface area contributed by atoms with Crippen molar-refractivity contribution in [1.29, 1.82) is 0 Å². The molecule has 0 saturated carbocycles. The molecule has 5 rings (SSSR count). The summed E-state index contributed by atoms with van der Waals surface area (Å²) in [5.41, 5.74) is 5.12. The van der Waals surface area contributed by atoms with E-state index in [2.05, 4.69) is 106 Å². The van der Waals surface area contributed by atoms with E-state index in [1.165, 1.54) is 40.4 Å². The van der Waals surface area contributed by atoms with Gasteiger partial charge in [0.15, 0.2) is 0 Å². The number of aromatic nitrogens is 1. The van der Waals surface area contributed by atoms with Crippen LogP contribution in [0.3, 0.4) is 0 Å². The topological polar surface area (TPSA) is 37.3 Å². The SMILES string of the molecule is O=C(C[C@@H](CCc1ccccc1)c1cn(Cc2ccccc2)c2ccccc12)NCCN1CCCC1. The maximum Gasteiger partial charge on any atom is 0.220 e. The highest BCUT2D eigenvalue weighted by atomic mass is 16.1. The fourth-order valence-corrected chi connectivity index (χ4v) is 5.52. The summed E-state index contributed by atoms with van der Waals surface area (Å²) >= 11 is 0. The summed E-state index contributed by atoms with van der Waals surface area (Å²) in [6, 6.07) is 29.9. The largest absolute Gasteiger partial charge is 0.355 e. The van der Waals surface area contributed by atoms with Gasteiger partial charge >= 0.3 is 0 Å². The van der Waals surface area contributed by atoms with Gasteiger partial charge in [0, 0.05) is 43.2 Å². The smallest absolute Gasteiger partial charge is 0.220 e. The van der Waals surface area contributed by atoms with E-state index in [-0.39, 0.29) is 11.8 Å². The summed E-state index contributed by atoms with van der Waals surface area (Å²) in [5, 5.41) is 4.48. The predicted octanol–water partition coefficient (Wildman–Crippen LogP) is 6.01. The summed E-state index contributed by atoms with van der Waals surface area (Å²) in [5.74, 6) is 0.325. The van der Waals surface area contributed by atoms with Crippen molar-refractivity contribution in [2.75, 3.05) is 26.2 Å². The Morgan fingerprint density at radius 1 is 0.833 bits per heavy atom. The monoisotopic (exact) mass is 479 g/mol. The lowest BCUT2D eigenvalue weighted by Gasteiger charge is -2.18. The number of nitrogens with zero attached hydrogens (tertiary/aromatic N) is 2. The highest BCUT2D eigenvalue weighted by molar-refractivity contribution is 5.86. The first-order valence-corrected chi connectivity index (χ1v) is 13.4. The van der Waals surface area contributed by atoms with Crippen molar-refractivity contribution >= 4 is 16.8 Å². The number of carbonyl (C=O) groups is 1. The zero-order chi connectivity index (χ0) is 24.6. The lowest BCUT2D eigenvalue weighted by atomic mass is 9.89. The van der Waals surface area contributed by atoms with Crippen LogP contribution in [-0.4, -0.2) is 41.6 Å². The Bertz CT molecular complexity index is 1240. The van der Waals surface area contributed by atoms with Gasteiger partial charge in [0.25, 0.3) is 0 Å². The molecule has 0 bridgehead atoms. The van der Waals surface area contributed by atoms with Crippen molar-refractivity contribution in [3.05, 3.63) is 108 Å². The lowest BCUT2D eigenvalue weighted by molar-refractivity contribution is -0.121. The second-order valence-corrected chi connectivity index (χ2v) is 10.0. The zero-order valence-electron chi connectivity index (χ0n) is 21.1. The summed E-state index contributed by atoms with van der Waals surface area (Å²) in [6.07, 6.45) is 7.29. The van der Waals surface area contributed by atoms with E-state index in [1.54, 1.807) is 0 Å². The molecule has 1 amide bonds. The van der Waals surface area contributed by atoms with Crippen LogP contribution in [0.4, 0.5) is 0 Å². The van der Waals surface area contributed by atoms with Gasteiger partial charge in [-0.1, -0.05) is 78.9 Å². The van der Waals surface area contributed by atoms with Gasteiger partial charge in [-0.25, -0.2) is 0 Å². The molecule has 4 nitrogen and oxygen atoms in total. The molecule has 4 aromatic rings. The first-order valence-electron chi connectivity index (χ1n) is 13.4. The number of rotatable bonds is 11. The van der Waals surface area contributed by atoms with E-state index < -0.39 is 0 Å². The van der Waals surface area contributed by atoms with E-state index >= 15 is 0 Å². The van der Waals surface area contributed by atoms with E-state index in [0.717, 1.165) is 45.6 Å². The summed E-state index contributed by atoms with van der Waals surface area (Å²) in [7, 11) is 0. The number of hydrogen-bond acceptors (Lipinski definition) is 2. The van der Waals surface area contributed by atoms with E-state index in [9.17, 15) is 4.79 Å². The Hall–Kier alpha value is -3.37. The molecular weight excluding hydrogens is 442 g/mol. The molecule has 3 aromatic carbocycles. The van der Waals surface area contributed by atoms with Crippen LogP contribution < -0.4 is 5.32 Å². The number of likely N-dealkylation sites (tertiary alicyclic amines) is 1. The van der Waals surface area contributed by atoms with Crippen molar-refractivity contribution < 1.29 is 4.79 Å². The van der Waals surface area contributed by atoms with Gasteiger partial charge in [-0.2, -0.15) is 0 Å². The third-order valence-electron chi connectivity index (χ3n) is 7.46. The molecule has 36 heavy (non-hydrogen) atoms. The van der Waals surface area contributed by atoms with Crippen LogP contribution >= 0.6 is 0 Å². The minimum absolute atomic E-state index is 0.159. The molecule has 1 N–H and O–H groups in total. The average Bonchev–Trinajstić information content (AvgIpc) is 3.56. The summed E-state index contributed by atoms with van der Waals surface area (Å²) in [6.45, 7) is 4.85. The zero-order valence-corrected chi connectivity index (χ0v) is 21.1. The van der Waals surface area contributed by atoms with E-state index in [1.807, 2.05) is 0 Å². The minimum Gasteiger partial charge on any atom is -0.355 e. The van der Waals surface area contributed by atoms with E-state index in [0.29, 0.717) is 6.42 Å². The number of amides is 1. The molecule has 1 aliphatic rings. The Balaban J connectivity index is 1.36. The number of benzene rings is 3. The van der Waals surface area contributed by atoms with Gasteiger partial charge in [0.1, 0.15) is 0 Å². The number of carbonyl (C=O) groups excluding carboxylic acids is 1. The molecule has 1 saturated heterocycles. The van der Waals surface area contributed by atoms with Crippen LogP contribution in [-0.2, 0) is 17.8 Å². The van der Waals surface area contributed by atoms with Gasteiger partial charge < -0.3 is 14.8 Å². The van der Waals surface area contributed by atoms with Crippen LogP contribution in [0.25, 0.3) is 10.9 Å². The van der Waals surface area contributed by atoms with Gasteiger partial charge in [0.2, 0.25) is 5.91 Å². The molecule has 1 atom stereocenters. The molecule has 0 spiro atoms. The van der Waals surface area contributed by atoms with Crippen molar-refractivity contribution in [2.45, 2.75) is 44.6 Å². The molecule has 1 aromatic heterocycles. The number of para-hydroxylation sites is 1. The van der Waals surface area contributed by atoms with Gasteiger partial charge in [-0.3, -0.25) is 4.79 Å². The molecular formula is C32H37N3O. The molecule has 2 heterocycles. The number of aryl methyl sites for hydroxylation is 1. The molecule has 4 heteroatoms. The molecule has 1 fully saturated rings. The first-order chi connectivity index (χ1) is 17.8. The molecule has 0 unspecified atom stereocenters. The van der Waals surface area contributed by atoms with Gasteiger partial charge in [-0.15, -0.1) is 0 Å². The van der Waals surface area contributed by atoms with Gasteiger partial charge in [0.05, 0.1) is 0 Å². The third-order valence-corrected chi connectivity index (χ3v) is 7.46. The van der Waals surface area contributed by atoms with Crippen molar-refractivity contribution in [3.63, 3.8) is 0 Å². The fourth-order valence-electron chi connectivity index (χ4n) is 5.52. The molecule has 0 radical (unpaired) electrons. The Kier molecular flexibility index (Phi) is 8.14. The normalized spacial score (nSPS) is 14.8. The van der Waals surface area contributed by atoms with Crippen molar-refractivity contribution in [3.8, 4) is 0 Å². The Labute approximate surface area is 214 Å². The lowest BCUT2D eigenvalue weighted by Crippen LogP contribution is -2.34. The maximum absolute atomic E-state index is 13.1. The highest BCUT2D eigenvalue weighted by Crippen LogP contribution is 2.33. The van der Waals surface area contributed by atoms with Crippen molar-refractivity contribution in [2.24, 2.45) is 0 Å². The van der Waals surface area contributed by atoms with Crippen LogP contribution in [0.1, 0.15) is 48.3 Å². The van der Waals surface area contributed by atoms with Crippen LogP contribution in [0.2, 0.25) is 0 Å². The van der Waals surface area contributed by atoms with Gasteiger partial charge in [-0.05, 0) is 67.4 Å². The quantitative estimate of drug-likeness (QED) is 0.286. The average molecular weight is 480 g/mol. The van der Waals surface area contributed by atoms with Crippen molar-refractivity contribution in [1.82, 2.24) is 14.8 Å². The van der Waals surface area contributed by atoms with Crippen LogP contribution in [0, 0.1) is 0 Å². The van der Waals surface area contributed by atoms with E-state index in [4.69, 9.17) is 0 Å². The maximum atomic E-state index is 13.1. The third kappa shape index (κ3) is 6.24. The fraction of sp³-hybridized carbons (Fsp3) is 0.344. The second-order valence-electron chi connectivity index (χ2n) is 10.0. The Morgan fingerprint density at radius 3 is 2.25 bits per heavy atom. The first kappa shape index (κ1) is 24.3. The Morgan fingerprint density at radius 2 is 1.50 bits per heavy atom. The summed E-state index contributed by atoms with van der Waals surface area (Å²) in [4.78, 5) is 15.6. The highest BCUT2D eigenvalue weighted by Gasteiger charge is 2.21. The number of hydrogen-bond donors (Lipinski definition) is 1. The minimum atomic E-state index is 0.159.